The number of nitrogens with one attached hydrogen (secondary N) is 1. The summed E-state index contributed by atoms with van der Waals surface area (Å²) in [5.41, 5.74) is 1.56. The number of nitrogens with zero attached hydrogens (tertiary/aromatic N) is 1. The first-order valence-corrected chi connectivity index (χ1v) is 5.77. The van der Waals surface area contributed by atoms with E-state index in [2.05, 4.69) is 10.5 Å². The van der Waals surface area contributed by atoms with Gasteiger partial charge < -0.3 is 14.9 Å². The Kier molecular flexibility index (Phi) is 4.69. The highest BCUT2D eigenvalue weighted by Gasteiger charge is 2.18. The lowest BCUT2D eigenvalue weighted by Gasteiger charge is -2.19. The first-order valence-electron chi connectivity index (χ1n) is 5.77. The Labute approximate surface area is 101 Å². The van der Waals surface area contributed by atoms with Crippen molar-refractivity contribution in [2.24, 2.45) is 5.92 Å². The van der Waals surface area contributed by atoms with Gasteiger partial charge in [-0.1, -0.05) is 19.0 Å². The van der Waals surface area contributed by atoms with Gasteiger partial charge in [-0.3, -0.25) is 4.79 Å². The number of carbonyl (C=O) groups is 1. The smallest absolute Gasteiger partial charge is 0.224 e. The standard InChI is InChI=1S/C12H20N2O3/c1-7(2)11(6-15)13-12(16)5-10-8(3)14-17-9(10)4/h7,11,15H,5-6H2,1-4H3,(H,13,16)/t11-/m1/s1. The average Bonchev–Trinajstić information content (AvgIpc) is 2.57. The van der Waals surface area contributed by atoms with Crippen LogP contribution in [0.1, 0.15) is 30.9 Å². The maximum Gasteiger partial charge on any atom is 0.224 e. The van der Waals surface area contributed by atoms with Crippen LogP contribution in [-0.2, 0) is 11.2 Å². The molecule has 0 radical (unpaired) electrons. The van der Waals surface area contributed by atoms with E-state index in [1.807, 2.05) is 20.8 Å². The Morgan fingerprint density at radius 3 is 2.53 bits per heavy atom. The fraction of sp³-hybridized carbons (Fsp3) is 0.667. The molecule has 0 saturated carbocycles. The number of hydrogen-bond acceptors (Lipinski definition) is 4. The molecule has 1 heterocycles. The molecule has 0 aliphatic rings. The number of aromatic nitrogens is 1. The Balaban J connectivity index is 2.61. The minimum atomic E-state index is -0.206. The van der Waals surface area contributed by atoms with Crippen LogP contribution >= 0.6 is 0 Å². The second kappa shape index (κ2) is 5.82. The zero-order valence-electron chi connectivity index (χ0n) is 10.8. The third-order valence-electron chi connectivity index (χ3n) is 2.87. The molecule has 5 nitrogen and oxygen atoms in total. The largest absolute Gasteiger partial charge is 0.394 e. The number of amides is 1. The van der Waals surface area contributed by atoms with Crippen LogP contribution in [0.3, 0.4) is 0 Å². The first-order chi connectivity index (χ1) is 7.95. The quantitative estimate of drug-likeness (QED) is 0.804. The third-order valence-corrected chi connectivity index (χ3v) is 2.87. The fourth-order valence-corrected chi connectivity index (χ4v) is 1.60. The predicted molar refractivity (Wildman–Crippen MR) is 63.5 cm³/mol. The summed E-state index contributed by atoms with van der Waals surface area (Å²) in [7, 11) is 0. The van der Waals surface area contributed by atoms with Crippen LogP contribution in [-0.4, -0.2) is 28.8 Å². The molecular formula is C12H20N2O3. The molecule has 2 N–H and O–H groups in total. The zero-order valence-corrected chi connectivity index (χ0v) is 10.8. The van der Waals surface area contributed by atoms with E-state index >= 15 is 0 Å². The molecule has 5 heteroatoms. The van der Waals surface area contributed by atoms with Crippen molar-refractivity contribution in [3.05, 3.63) is 17.0 Å². The molecule has 0 saturated heterocycles. The van der Waals surface area contributed by atoms with Crippen molar-refractivity contribution < 1.29 is 14.4 Å². The minimum Gasteiger partial charge on any atom is -0.394 e. The highest BCUT2D eigenvalue weighted by Crippen LogP contribution is 2.13. The third kappa shape index (κ3) is 3.56. The summed E-state index contributed by atoms with van der Waals surface area (Å²) in [4.78, 5) is 11.8. The van der Waals surface area contributed by atoms with E-state index in [1.54, 1.807) is 6.92 Å². The predicted octanol–water partition coefficient (Wildman–Crippen LogP) is 0.967. The summed E-state index contributed by atoms with van der Waals surface area (Å²) in [6, 6.07) is -0.206. The normalized spacial score (nSPS) is 12.8. The van der Waals surface area contributed by atoms with Crippen molar-refractivity contribution >= 4 is 5.91 Å². The highest BCUT2D eigenvalue weighted by molar-refractivity contribution is 5.79. The second-order valence-corrected chi connectivity index (χ2v) is 4.58. The molecule has 0 bridgehead atoms. The van der Waals surface area contributed by atoms with Crippen LogP contribution < -0.4 is 5.32 Å². The summed E-state index contributed by atoms with van der Waals surface area (Å²) in [6.07, 6.45) is 0.240. The van der Waals surface area contributed by atoms with Crippen molar-refractivity contribution in [3.63, 3.8) is 0 Å². The van der Waals surface area contributed by atoms with Gasteiger partial charge in [0.25, 0.3) is 0 Å². The Hall–Kier alpha value is -1.36. The monoisotopic (exact) mass is 240 g/mol. The van der Waals surface area contributed by atoms with Crippen molar-refractivity contribution in [3.8, 4) is 0 Å². The molecule has 1 amide bonds. The van der Waals surface area contributed by atoms with Gasteiger partial charge in [-0.2, -0.15) is 0 Å². The Morgan fingerprint density at radius 1 is 1.47 bits per heavy atom. The molecule has 17 heavy (non-hydrogen) atoms. The van der Waals surface area contributed by atoms with E-state index < -0.39 is 0 Å². The van der Waals surface area contributed by atoms with Crippen LogP contribution in [0.25, 0.3) is 0 Å². The van der Waals surface area contributed by atoms with Gasteiger partial charge in [-0.05, 0) is 19.8 Å². The summed E-state index contributed by atoms with van der Waals surface area (Å²) in [5.74, 6) is 0.753. The van der Waals surface area contributed by atoms with E-state index in [4.69, 9.17) is 9.63 Å². The topological polar surface area (TPSA) is 75.4 Å². The summed E-state index contributed by atoms with van der Waals surface area (Å²) in [6.45, 7) is 7.46. The molecule has 0 spiro atoms. The van der Waals surface area contributed by atoms with Gasteiger partial charge in [0.05, 0.1) is 24.8 Å². The second-order valence-electron chi connectivity index (χ2n) is 4.58. The number of aryl methyl sites for hydroxylation is 2. The van der Waals surface area contributed by atoms with E-state index in [9.17, 15) is 4.79 Å². The fourth-order valence-electron chi connectivity index (χ4n) is 1.60. The van der Waals surface area contributed by atoms with Gasteiger partial charge in [-0.15, -0.1) is 0 Å². The number of aliphatic hydroxyl groups is 1. The Morgan fingerprint density at radius 2 is 2.12 bits per heavy atom. The van der Waals surface area contributed by atoms with Crippen LogP contribution in [0, 0.1) is 19.8 Å². The molecule has 0 unspecified atom stereocenters. The number of rotatable bonds is 5. The molecule has 96 valence electrons. The molecule has 1 aromatic rings. The van der Waals surface area contributed by atoms with Gasteiger partial charge in [0, 0.05) is 5.56 Å². The maximum absolute atomic E-state index is 11.8. The van der Waals surface area contributed by atoms with Crippen molar-refractivity contribution in [2.75, 3.05) is 6.61 Å². The lowest BCUT2D eigenvalue weighted by molar-refractivity contribution is -0.121. The molecular weight excluding hydrogens is 220 g/mol. The lowest BCUT2D eigenvalue weighted by Crippen LogP contribution is -2.41. The van der Waals surface area contributed by atoms with Gasteiger partial charge in [-0.25, -0.2) is 0 Å². The van der Waals surface area contributed by atoms with Crippen LogP contribution in [0.4, 0.5) is 0 Å². The van der Waals surface area contributed by atoms with Crippen LogP contribution in [0.2, 0.25) is 0 Å². The molecule has 1 rings (SSSR count). The first kappa shape index (κ1) is 13.7. The minimum absolute atomic E-state index is 0.0506. The van der Waals surface area contributed by atoms with Gasteiger partial charge in [0.1, 0.15) is 5.76 Å². The van der Waals surface area contributed by atoms with Crippen LogP contribution in [0.5, 0.6) is 0 Å². The van der Waals surface area contributed by atoms with Crippen LogP contribution in [0.15, 0.2) is 4.52 Å². The number of hydrogen-bond donors (Lipinski definition) is 2. The lowest BCUT2D eigenvalue weighted by atomic mass is 10.0. The van der Waals surface area contributed by atoms with E-state index in [1.165, 1.54) is 0 Å². The van der Waals surface area contributed by atoms with Gasteiger partial charge >= 0.3 is 0 Å². The molecule has 0 aromatic carbocycles. The van der Waals surface area contributed by atoms with Crippen molar-refractivity contribution in [1.29, 1.82) is 0 Å². The number of aliphatic hydroxyl groups excluding tert-OH is 1. The SMILES string of the molecule is Cc1noc(C)c1CC(=O)N[C@H](CO)C(C)C. The zero-order chi connectivity index (χ0) is 13.0. The summed E-state index contributed by atoms with van der Waals surface area (Å²) in [5, 5.41) is 15.7. The van der Waals surface area contributed by atoms with Crippen molar-refractivity contribution in [1.82, 2.24) is 10.5 Å². The molecule has 1 aromatic heterocycles. The van der Waals surface area contributed by atoms with Gasteiger partial charge in [0.2, 0.25) is 5.91 Å². The molecule has 0 aliphatic carbocycles. The van der Waals surface area contributed by atoms with Crippen molar-refractivity contribution in [2.45, 2.75) is 40.2 Å². The molecule has 0 aliphatic heterocycles. The maximum atomic E-state index is 11.8. The van der Waals surface area contributed by atoms with E-state index in [0.717, 1.165) is 11.3 Å². The molecule has 0 fully saturated rings. The number of carbonyl (C=O) groups excluding carboxylic acids is 1. The average molecular weight is 240 g/mol. The van der Waals surface area contributed by atoms with E-state index in [-0.39, 0.29) is 30.9 Å². The highest BCUT2D eigenvalue weighted by atomic mass is 16.5. The van der Waals surface area contributed by atoms with Gasteiger partial charge in [0.15, 0.2) is 0 Å². The summed E-state index contributed by atoms with van der Waals surface area (Å²) < 4.78 is 5.00. The molecule has 1 atom stereocenters. The van der Waals surface area contributed by atoms with E-state index in [0.29, 0.717) is 5.76 Å². The summed E-state index contributed by atoms with van der Waals surface area (Å²) >= 11 is 0. The Bertz CT molecular complexity index is 366.